The van der Waals surface area contributed by atoms with E-state index in [9.17, 15) is 18.0 Å². The zero-order valence-electron chi connectivity index (χ0n) is 17.3. The second-order valence-corrected chi connectivity index (χ2v) is 6.20. The lowest BCUT2D eigenvalue weighted by Gasteiger charge is -2.12. The summed E-state index contributed by atoms with van der Waals surface area (Å²) in [7, 11) is 2.92. The van der Waals surface area contributed by atoms with Crippen LogP contribution < -0.4 is 14.2 Å². The normalized spacial score (nSPS) is 11.1. The Bertz CT molecular complexity index is 1100. The summed E-state index contributed by atoms with van der Waals surface area (Å²) in [5, 5.41) is 7.67. The van der Waals surface area contributed by atoms with Crippen LogP contribution in [0.1, 0.15) is 23.0 Å². The number of halogens is 3. The number of aromatic nitrogens is 3. The predicted molar refractivity (Wildman–Crippen MR) is 106 cm³/mol. The first-order chi connectivity index (χ1) is 15.3. The molecule has 0 bridgehead atoms. The maximum atomic E-state index is 12.8. The fraction of sp³-hybridized carbons (Fsp3) is 0.238. The Morgan fingerprint density at radius 1 is 0.969 bits per heavy atom. The maximum Gasteiger partial charge on any atom is 0.416 e. The van der Waals surface area contributed by atoms with Crippen molar-refractivity contribution in [3.8, 4) is 34.5 Å². The second kappa shape index (κ2) is 9.50. The number of ether oxygens (including phenoxy) is 4. The molecule has 1 heterocycles. The number of nitrogens with zero attached hydrogens (tertiary/aromatic N) is 3. The molecule has 0 saturated carbocycles. The molecule has 11 heteroatoms. The van der Waals surface area contributed by atoms with Crippen LogP contribution in [0.3, 0.4) is 0 Å². The molecule has 0 atom stereocenters. The third-order valence-electron chi connectivity index (χ3n) is 4.16. The quantitative estimate of drug-likeness (QED) is 0.486. The van der Waals surface area contributed by atoms with Crippen LogP contribution in [0.5, 0.6) is 23.1 Å². The molecule has 1 aromatic heterocycles. The minimum Gasteiger partial charge on any atom is -0.493 e. The third kappa shape index (κ3) is 5.05. The number of hydrogen-bond acceptors (Lipinski definition) is 8. The molecule has 0 fully saturated rings. The smallest absolute Gasteiger partial charge is 0.416 e. The molecule has 0 aliphatic carbocycles. The lowest BCUT2D eigenvalue weighted by atomic mass is 10.1. The van der Waals surface area contributed by atoms with Crippen LogP contribution in [-0.2, 0) is 10.9 Å². The van der Waals surface area contributed by atoms with Crippen molar-refractivity contribution in [2.75, 3.05) is 20.8 Å². The first-order valence-corrected chi connectivity index (χ1v) is 9.26. The van der Waals surface area contributed by atoms with E-state index >= 15 is 0 Å². The van der Waals surface area contributed by atoms with Crippen molar-refractivity contribution < 1.29 is 36.9 Å². The van der Waals surface area contributed by atoms with Gasteiger partial charge in [0.25, 0.3) is 5.88 Å². The molecule has 168 valence electrons. The van der Waals surface area contributed by atoms with Gasteiger partial charge < -0.3 is 18.9 Å². The maximum absolute atomic E-state index is 12.8. The van der Waals surface area contributed by atoms with E-state index < -0.39 is 17.7 Å². The lowest BCUT2D eigenvalue weighted by molar-refractivity contribution is -0.137. The third-order valence-corrected chi connectivity index (χ3v) is 4.16. The number of methoxy groups -OCH3 is 2. The molecule has 3 rings (SSSR count). The highest BCUT2D eigenvalue weighted by Gasteiger charge is 2.30. The molecule has 0 saturated heterocycles. The van der Waals surface area contributed by atoms with Gasteiger partial charge in [-0.2, -0.15) is 18.2 Å². The number of alkyl halides is 3. The Morgan fingerprint density at radius 2 is 1.66 bits per heavy atom. The standard InChI is InChI=1S/C21H18F3N3O5/c1-4-31-20(28)17-19(32-14-9-10-15(29-2)16(11-14)30-3)25-18(27-26-17)12-5-7-13(8-6-12)21(22,23)24/h5-11H,4H2,1-3H3. The lowest BCUT2D eigenvalue weighted by Crippen LogP contribution is -2.12. The number of carbonyl (C=O) groups excluding carboxylic acids is 1. The number of rotatable bonds is 7. The van der Waals surface area contributed by atoms with Crippen LogP contribution in [0.4, 0.5) is 13.2 Å². The number of carbonyl (C=O) groups is 1. The average Bonchev–Trinajstić information content (AvgIpc) is 2.78. The van der Waals surface area contributed by atoms with Gasteiger partial charge in [-0.15, -0.1) is 10.2 Å². The van der Waals surface area contributed by atoms with Gasteiger partial charge in [0.2, 0.25) is 5.69 Å². The summed E-state index contributed by atoms with van der Waals surface area (Å²) in [5.41, 5.74) is -0.866. The van der Waals surface area contributed by atoms with E-state index in [1.807, 2.05) is 0 Å². The van der Waals surface area contributed by atoms with Crippen molar-refractivity contribution in [3.63, 3.8) is 0 Å². The first kappa shape index (κ1) is 22.8. The van der Waals surface area contributed by atoms with Crippen LogP contribution >= 0.6 is 0 Å². The Labute approximate surface area is 180 Å². The fourth-order valence-electron chi connectivity index (χ4n) is 2.63. The highest BCUT2D eigenvalue weighted by Crippen LogP contribution is 2.34. The number of hydrogen-bond donors (Lipinski definition) is 0. The average molecular weight is 449 g/mol. The van der Waals surface area contributed by atoms with Gasteiger partial charge in [-0.05, 0) is 31.2 Å². The van der Waals surface area contributed by atoms with E-state index in [2.05, 4.69) is 15.2 Å². The van der Waals surface area contributed by atoms with Gasteiger partial charge >= 0.3 is 12.1 Å². The molecular formula is C21H18F3N3O5. The zero-order valence-corrected chi connectivity index (χ0v) is 17.3. The van der Waals surface area contributed by atoms with Gasteiger partial charge in [-0.1, -0.05) is 12.1 Å². The molecule has 0 aliphatic rings. The first-order valence-electron chi connectivity index (χ1n) is 9.26. The van der Waals surface area contributed by atoms with E-state index in [4.69, 9.17) is 18.9 Å². The Balaban J connectivity index is 2.01. The van der Waals surface area contributed by atoms with Crippen LogP contribution in [0.2, 0.25) is 0 Å². The predicted octanol–water partition coefficient (Wildman–Crippen LogP) is 4.54. The van der Waals surface area contributed by atoms with Gasteiger partial charge in [-0.25, -0.2) is 4.79 Å². The summed E-state index contributed by atoms with van der Waals surface area (Å²) in [5.74, 6) is -0.0267. The largest absolute Gasteiger partial charge is 0.493 e. The minimum atomic E-state index is -4.48. The molecule has 0 unspecified atom stereocenters. The molecule has 0 spiro atoms. The summed E-state index contributed by atoms with van der Waals surface area (Å²) in [6, 6.07) is 8.83. The minimum absolute atomic E-state index is 0.0396. The summed E-state index contributed by atoms with van der Waals surface area (Å²) in [6.45, 7) is 1.70. The van der Waals surface area contributed by atoms with Crippen molar-refractivity contribution in [2.45, 2.75) is 13.1 Å². The zero-order chi connectivity index (χ0) is 23.3. The van der Waals surface area contributed by atoms with Crippen molar-refractivity contribution in [1.82, 2.24) is 15.2 Å². The van der Waals surface area contributed by atoms with Crippen molar-refractivity contribution in [1.29, 1.82) is 0 Å². The van der Waals surface area contributed by atoms with Crippen LogP contribution in [0.15, 0.2) is 42.5 Å². The van der Waals surface area contributed by atoms with Crippen LogP contribution in [0.25, 0.3) is 11.4 Å². The Kier molecular flexibility index (Phi) is 6.76. The summed E-state index contributed by atoms with van der Waals surface area (Å²) >= 11 is 0. The molecule has 8 nitrogen and oxygen atoms in total. The molecular weight excluding hydrogens is 431 g/mol. The summed E-state index contributed by atoms with van der Waals surface area (Å²) in [4.78, 5) is 16.4. The fourth-order valence-corrected chi connectivity index (χ4v) is 2.63. The molecule has 0 N–H and O–H groups in total. The van der Waals surface area contributed by atoms with Crippen LogP contribution in [0, 0.1) is 0 Å². The van der Waals surface area contributed by atoms with Gasteiger partial charge in [0, 0.05) is 11.6 Å². The van der Waals surface area contributed by atoms with Gasteiger partial charge in [0.05, 0.1) is 26.4 Å². The SMILES string of the molecule is CCOC(=O)c1nnc(-c2ccc(C(F)(F)F)cc2)nc1Oc1ccc(OC)c(OC)c1. The van der Waals surface area contributed by atoms with E-state index in [0.29, 0.717) is 11.5 Å². The topological polar surface area (TPSA) is 92.7 Å². The van der Waals surface area contributed by atoms with E-state index in [0.717, 1.165) is 12.1 Å². The van der Waals surface area contributed by atoms with Gasteiger partial charge in [0.15, 0.2) is 17.3 Å². The van der Waals surface area contributed by atoms with E-state index in [-0.39, 0.29) is 35.3 Å². The molecule has 3 aromatic rings. The number of benzene rings is 2. The molecule has 2 aromatic carbocycles. The van der Waals surface area contributed by atoms with Gasteiger partial charge in [0.1, 0.15) is 5.75 Å². The number of esters is 1. The molecule has 0 amide bonds. The molecule has 32 heavy (non-hydrogen) atoms. The molecule has 0 aliphatic heterocycles. The second-order valence-electron chi connectivity index (χ2n) is 6.20. The van der Waals surface area contributed by atoms with Crippen molar-refractivity contribution in [2.24, 2.45) is 0 Å². The monoisotopic (exact) mass is 449 g/mol. The highest BCUT2D eigenvalue weighted by molar-refractivity contribution is 5.89. The van der Waals surface area contributed by atoms with Crippen molar-refractivity contribution in [3.05, 3.63) is 53.7 Å². The summed E-state index contributed by atoms with van der Waals surface area (Å²) in [6.07, 6.45) is -4.48. The van der Waals surface area contributed by atoms with Crippen LogP contribution in [-0.4, -0.2) is 42.0 Å². The Hall–Kier alpha value is -3.89. The van der Waals surface area contributed by atoms with E-state index in [1.54, 1.807) is 19.1 Å². The van der Waals surface area contributed by atoms with E-state index in [1.165, 1.54) is 32.4 Å². The molecule has 0 radical (unpaired) electrons. The highest BCUT2D eigenvalue weighted by atomic mass is 19.4. The summed E-state index contributed by atoms with van der Waals surface area (Å²) < 4.78 is 59.6. The van der Waals surface area contributed by atoms with Gasteiger partial charge in [-0.3, -0.25) is 0 Å². The van der Waals surface area contributed by atoms with Crippen molar-refractivity contribution >= 4 is 5.97 Å². The Morgan fingerprint density at radius 3 is 2.25 bits per heavy atom.